The lowest BCUT2D eigenvalue weighted by molar-refractivity contribution is -0.159. The number of aliphatic carboxylic acids is 2. The van der Waals surface area contributed by atoms with Crippen LogP contribution in [0.25, 0.3) is 0 Å². The summed E-state index contributed by atoms with van der Waals surface area (Å²) in [5.74, 6) is -2.90. The van der Waals surface area contributed by atoms with Crippen molar-refractivity contribution in [3.05, 3.63) is 90.0 Å². The summed E-state index contributed by atoms with van der Waals surface area (Å²) in [6.07, 6.45) is 5.61. The molecule has 0 saturated carbocycles. The fraction of sp³-hybridized carbons (Fsp3) is 0.286. The number of carboxylic acids is 2. The predicted molar refractivity (Wildman–Crippen MR) is 138 cm³/mol. The quantitative estimate of drug-likeness (QED) is 0.451. The molecular formula is C28H30FN3O6. The van der Waals surface area contributed by atoms with Crippen LogP contribution in [0.2, 0.25) is 0 Å². The third-order valence-electron chi connectivity index (χ3n) is 5.95. The summed E-state index contributed by atoms with van der Waals surface area (Å²) in [7, 11) is 1.95. The first kappa shape index (κ1) is 28.1. The third kappa shape index (κ3) is 8.88. The van der Waals surface area contributed by atoms with E-state index in [0.29, 0.717) is 26.1 Å². The normalized spacial score (nSPS) is 13.2. The Hall–Kier alpha value is -4.47. The first-order valence-electron chi connectivity index (χ1n) is 12.1. The lowest BCUT2D eigenvalue weighted by Gasteiger charge is -2.32. The smallest absolute Gasteiger partial charge is 0.414 e. The van der Waals surface area contributed by atoms with E-state index in [4.69, 9.17) is 24.5 Å². The van der Waals surface area contributed by atoms with Crippen LogP contribution in [0.15, 0.2) is 73.1 Å². The number of aromatic nitrogens is 1. The number of carbonyl (C=O) groups is 3. The van der Waals surface area contributed by atoms with E-state index in [1.54, 1.807) is 18.5 Å². The zero-order chi connectivity index (χ0) is 27.5. The molecule has 0 unspecified atom stereocenters. The summed E-state index contributed by atoms with van der Waals surface area (Å²) in [6.45, 7) is 2.10. The molecular weight excluding hydrogens is 493 g/mol. The minimum Gasteiger partial charge on any atom is -0.490 e. The van der Waals surface area contributed by atoms with Crippen LogP contribution in [-0.4, -0.2) is 64.2 Å². The number of hydrogen-bond donors (Lipinski definition) is 2. The van der Waals surface area contributed by atoms with E-state index in [0.717, 1.165) is 35.4 Å². The molecule has 2 aromatic carbocycles. The monoisotopic (exact) mass is 523 g/mol. The highest BCUT2D eigenvalue weighted by Gasteiger charge is 2.24. The third-order valence-corrected chi connectivity index (χ3v) is 5.95. The molecule has 10 heteroatoms. The molecule has 2 N–H and O–H groups in total. The van der Waals surface area contributed by atoms with Crippen molar-refractivity contribution < 1.29 is 33.7 Å². The largest absolute Gasteiger partial charge is 0.490 e. The van der Waals surface area contributed by atoms with Gasteiger partial charge >= 0.3 is 11.9 Å². The average Bonchev–Trinajstić information content (AvgIpc) is 2.91. The number of ether oxygens (including phenoxy) is 1. The number of pyridine rings is 1. The predicted octanol–water partition coefficient (Wildman–Crippen LogP) is 3.63. The van der Waals surface area contributed by atoms with E-state index < -0.39 is 11.9 Å². The maximum Gasteiger partial charge on any atom is 0.414 e. The van der Waals surface area contributed by atoms with Crippen molar-refractivity contribution in [1.29, 1.82) is 0 Å². The van der Waals surface area contributed by atoms with Gasteiger partial charge in [0, 0.05) is 57.6 Å². The van der Waals surface area contributed by atoms with Gasteiger partial charge in [0.1, 0.15) is 17.7 Å². The van der Waals surface area contributed by atoms with Crippen LogP contribution in [0.4, 0.5) is 10.1 Å². The number of amides is 1. The second kappa shape index (κ2) is 13.7. The van der Waals surface area contributed by atoms with Crippen molar-refractivity contribution in [2.75, 3.05) is 25.0 Å². The van der Waals surface area contributed by atoms with Gasteiger partial charge in [0.25, 0.3) is 0 Å². The molecule has 0 radical (unpaired) electrons. The molecule has 2 heterocycles. The molecule has 0 bridgehead atoms. The van der Waals surface area contributed by atoms with Crippen LogP contribution < -0.4 is 9.64 Å². The number of likely N-dealkylation sites (tertiary alicyclic amines) is 1. The van der Waals surface area contributed by atoms with Crippen molar-refractivity contribution in [2.24, 2.45) is 0 Å². The maximum absolute atomic E-state index is 13.4. The summed E-state index contributed by atoms with van der Waals surface area (Å²) in [5.41, 5.74) is 2.91. The first-order chi connectivity index (χ1) is 18.2. The SMILES string of the molecule is CN(Cc1ccc(OC2CCN(C(=O)Cc3cccnc3)CC2)cc1)c1cccc(F)c1.O=C(O)C(=O)O. The number of piperidine rings is 1. The van der Waals surface area contributed by atoms with E-state index >= 15 is 0 Å². The van der Waals surface area contributed by atoms with Gasteiger partial charge in [-0.05, 0) is 47.5 Å². The zero-order valence-electron chi connectivity index (χ0n) is 21.0. The molecule has 1 aromatic heterocycles. The van der Waals surface area contributed by atoms with Gasteiger partial charge in [-0.3, -0.25) is 9.78 Å². The minimum atomic E-state index is -1.82. The number of nitrogens with zero attached hydrogens (tertiary/aromatic N) is 3. The number of rotatable bonds is 7. The Labute approximate surface area is 220 Å². The van der Waals surface area contributed by atoms with Crippen LogP contribution in [-0.2, 0) is 27.3 Å². The molecule has 200 valence electrons. The number of hydrogen-bond acceptors (Lipinski definition) is 6. The lowest BCUT2D eigenvalue weighted by atomic mass is 10.1. The Kier molecular flexibility index (Phi) is 10.2. The van der Waals surface area contributed by atoms with E-state index in [-0.39, 0.29) is 17.8 Å². The second-order valence-electron chi connectivity index (χ2n) is 8.83. The van der Waals surface area contributed by atoms with E-state index in [1.165, 1.54) is 12.1 Å². The van der Waals surface area contributed by atoms with Crippen LogP contribution in [0.3, 0.4) is 0 Å². The molecule has 1 aliphatic rings. The molecule has 1 fully saturated rings. The van der Waals surface area contributed by atoms with Crippen molar-refractivity contribution in [3.8, 4) is 5.75 Å². The fourth-order valence-electron chi connectivity index (χ4n) is 3.96. The minimum absolute atomic E-state index is 0.109. The summed E-state index contributed by atoms with van der Waals surface area (Å²) >= 11 is 0. The number of anilines is 1. The lowest BCUT2D eigenvalue weighted by Crippen LogP contribution is -2.42. The van der Waals surface area contributed by atoms with Gasteiger partial charge in [0.15, 0.2) is 0 Å². The van der Waals surface area contributed by atoms with Crippen molar-refractivity contribution >= 4 is 23.5 Å². The molecule has 1 saturated heterocycles. The Morgan fingerprint density at radius 1 is 1.00 bits per heavy atom. The van der Waals surface area contributed by atoms with Gasteiger partial charge in [0.05, 0.1) is 6.42 Å². The number of carbonyl (C=O) groups excluding carboxylic acids is 1. The average molecular weight is 524 g/mol. The Bertz CT molecular complexity index is 1200. The van der Waals surface area contributed by atoms with E-state index in [2.05, 4.69) is 4.98 Å². The highest BCUT2D eigenvalue weighted by Crippen LogP contribution is 2.22. The second-order valence-corrected chi connectivity index (χ2v) is 8.83. The van der Waals surface area contributed by atoms with Crippen LogP contribution in [0.1, 0.15) is 24.0 Å². The van der Waals surface area contributed by atoms with E-state index in [9.17, 15) is 9.18 Å². The Morgan fingerprint density at radius 3 is 2.26 bits per heavy atom. The molecule has 3 aromatic rings. The summed E-state index contributed by atoms with van der Waals surface area (Å²) in [5, 5.41) is 14.8. The molecule has 9 nitrogen and oxygen atoms in total. The molecule has 0 spiro atoms. The highest BCUT2D eigenvalue weighted by molar-refractivity contribution is 6.27. The zero-order valence-corrected chi connectivity index (χ0v) is 21.0. The molecule has 0 atom stereocenters. The standard InChI is InChI=1S/C26H28FN3O2.C2H2O4/c1-29(23-6-2-5-22(27)17-23)19-20-7-9-24(10-8-20)32-25-11-14-30(15-12-25)26(31)16-21-4-3-13-28-18-21;3-1(4)2(5)6/h2-10,13,17-18,25H,11-12,14-16,19H2,1H3;(H,3,4)(H,5,6). The topological polar surface area (TPSA) is 120 Å². The van der Waals surface area contributed by atoms with Crippen LogP contribution in [0.5, 0.6) is 5.75 Å². The highest BCUT2D eigenvalue weighted by atomic mass is 19.1. The molecule has 4 rings (SSSR count). The van der Waals surface area contributed by atoms with Gasteiger partial charge in [-0.1, -0.05) is 24.3 Å². The fourth-order valence-corrected chi connectivity index (χ4v) is 3.96. The molecule has 0 aliphatic carbocycles. The molecule has 1 aliphatic heterocycles. The van der Waals surface area contributed by atoms with Gasteiger partial charge in [0.2, 0.25) is 5.91 Å². The van der Waals surface area contributed by atoms with Crippen LogP contribution >= 0.6 is 0 Å². The molecule has 38 heavy (non-hydrogen) atoms. The summed E-state index contributed by atoms with van der Waals surface area (Å²) in [4.78, 5) is 38.7. The van der Waals surface area contributed by atoms with Crippen molar-refractivity contribution in [2.45, 2.75) is 31.9 Å². The van der Waals surface area contributed by atoms with Gasteiger partial charge in [-0.25, -0.2) is 14.0 Å². The Morgan fingerprint density at radius 2 is 1.68 bits per heavy atom. The van der Waals surface area contributed by atoms with Gasteiger partial charge in [-0.15, -0.1) is 0 Å². The maximum atomic E-state index is 13.4. The van der Waals surface area contributed by atoms with E-state index in [1.807, 2.05) is 59.3 Å². The summed E-state index contributed by atoms with van der Waals surface area (Å²) < 4.78 is 19.6. The van der Waals surface area contributed by atoms with Crippen LogP contribution in [0, 0.1) is 5.82 Å². The van der Waals surface area contributed by atoms with Gasteiger partial charge in [-0.2, -0.15) is 0 Å². The van der Waals surface area contributed by atoms with Crippen molar-refractivity contribution in [1.82, 2.24) is 9.88 Å². The number of carboxylic acid groups (broad SMARTS) is 2. The van der Waals surface area contributed by atoms with Crippen molar-refractivity contribution in [3.63, 3.8) is 0 Å². The van der Waals surface area contributed by atoms with Gasteiger partial charge < -0.3 is 24.7 Å². The number of halogens is 1. The first-order valence-corrected chi connectivity index (χ1v) is 12.1. The molecule has 1 amide bonds. The Balaban J connectivity index is 0.000000599. The summed E-state index contributed by atoms with van der Waals surface area (Å²) in [6, 6.07) is 18.4. The number of benzene rings is 2.